The van der Waals surface area contributed by atoms with Crippen molar-refractivity contribution in [3.8, 4) is 5.75 Å². The van der Waals surface area contributed by atoms with Gasteiger partial charge in [-0.1, -0.05) is 0 Å². The minimum absolute atomic E-state index is 0.105. The van der Waals surface area contributed by atoms with Gasteiger partial charge in [-0.05, 0) is 40.9 Å². The highest BCUT2D eigenvalue weighted by Gasteiger charge is 2.31. The molecule has 86 valence electrons. The predicted molar refractivity (Wildman–Crippen MR) is 63.1 cm³/mol. The molecule has 0 bridgehead atoms. The first-order chi connectivity index (χ1) is 7.75. The van der Waals surface area contributed by atoms with E-state index in [1.165, 1.54) is 18.9 Å². The zero-order valence-electron chi connectivity index (χ0n) is 8.80. The van der Waals surface area contributed by atoms with E-state index in [9.17, 15) is 4.39 Å². The summed E-state index contributed by atoms with van der Waals surface area (Å²) in [7, 11) is 0. The Morgan fingerprint density at radius 3 is 2.88 bits per heavy atom. The predicted octanol–water partition coefficient (Wildman–Crippen LogP) is 3.16. The maximum absolute atomic E-state index is 13.8. The molecule has 2 aliphatic rings. The Morgan fingerprint density at radius 2 is 2.12 bits per heavy atom. The highest BCUT2D eigenvalue weighted by atomic mass is 79.9. The largest absolute Gasteiger partial charge is 0.492 e. The average Bonchev–Trinajstić information content (AvgIpc) is 3.08. The second-order valence-electron chi connectivity index (χ2n) is 4.40. The third-order valence-corrected chi connectivity index (χ3v) is 3.73. The van der Waals surface area contributed by atoms with Crippen molar-refractivity contribution in [2.75, 3.05) is 6.61 Å². The SMILES string of the molecule is Fc1ccc(Br)c2c1C(NC1CC1)CCO2. The summed E-state index contributed by atoms with van der Waals surface area (Å²) in [4.78, 5) is 0. The normalized spacial score (nSPS) is 23.8. The molecule has 1 aliphatic heterocycles. The summed E-state index contributed by atoms with van der Waals surface area (Å²) < 4.78 is 20.2. The van der Waals surface area contributed by atoms with E-state index in [0.717, 1.165) is 10.9 Å². The number of hydrogen-bond acceptors (Lipinski definition) is 2. The topological polar surface area (TPSA) is 21.3 Å². The number of fused-ring (bicyclic) bond motifs is 1. The number of benzene rings is 1. The van der Waals surface area contributed by atoms with E-state index < -0.39 is 0 Å². The van der Waals surface area contributed by atoms with Gasteiger partial charge >= 0.3 is 0 Å². The smallest absolute Gasteiger partial charge is 0.141 e. The first-order valence-corrected chi connectivity index (χ1v) is 6.42. The number of rotatable bonds is 2. The lowest BCUT2D eigenvalue weighted by Gasteiger charge is -2.28. The van der Waals surface area contributed by atoms with Crippen molar-refractivity contribution in [1.29, 1.82) is 0 Å². The first kappa shape index (κ1) is 10.5. The standard InChI is InChI=1S/C12H13BrFNO/c13-8-3-4-9(14)11-10(15-7-1-2-7)5-6-16-12(8)11/h3-4,7,10,15H,1-2,5-6H2. The van der Waals surface area contributed by atoms with E-state index in [1.54, 1.807) is 6.07 Å². The molecule has 0 spiro atoms. The molecule has 1 aromatic rings. The van der Waals surface area contributed by atoms with Crippen LogP contribution in [0.15, 0.2) is 16.6 Å². The molecule has 16 heavy (non-hydrogen) atoms. The van der Waals surface area contributed by atoms with Crippen LogP contribution in [-0.4, -0.2) is 12.6 Å². The number of ether oxygens (including phenoxy) is 1. The van der Waals surface area contributed by atoms with Crippen molar-refractivity contribution < 1.29 is 9.13 Å². The Labute approximate surface area is 102 Å². The van der Waals surface area contributed by atoms with Gasteiger partial charge in [-0.15, -0.1) is 0 Å². The molecule has 0 saturated heterocycles. The molecule has 1 aliphatic carbocycles. The van der Waals surface area contributed by atoms with Crippen molar-refractivity contribution in [2.24, 2.45) is 0 Å². The van der Waals surface area contributed by atoms with Gasteiger partial charge in [0.05, 0.1) is 11.1 Å². The van der Waals surface area contributed by atoms with Gasteiger partial charge in [-0.3, -0.25) is 0 Å². The highest BCUT2D eigenvalue weighted by Crippen LogP contribution is 2.40. The lowest BCUT2D eigenvalue weighted by atomic mass is 10.00. The number of hydrogen-bond donors (Lipinski definition) is 1. The van der Waals surface area contributed by atoms with Crippen LogP contribution in [0.25, 0.3) is 0 Å². The molecular weight excluding hydrogens is 273 g/mol. The molecule has 0 radical (unpaired) electrons. The molecule has 0 aromatic heterocycles. The van der Waals surface area contributed by atoms with Crippen LogP contribution in [0.1, 0.15) is 30.9 Å². The minimum atomic E-state index is -0.170. The van der Waals surface area contributed by atoms with Crippen molar-refractivity contribution >= 4 is 15.9 Å². The fraction of sp³-hybridized carbons (Fsp3) is 0.500. The quantitative estimate of drug-likeness (QED) is 0.901. The second-order valence-corrected chi connectivity index (χ2v) is 5.26. The summed E-state index contributed by atoms with van der Waals surface area (Å²) in [6.45, 7) is 0.652. The molecule has 2 nitrogen and oxygen atoms in total. The van der Waals surface area contributed by atoms with Crippen molar-refractivity contribution in [2.45, 2.75) is 31.3 Å². The number of nitrogens with one attached hydrogen (secondary N) is 1. The molecule has 1 saturated carbocycles. The maximum Gasteiger partial charge on any atom is 0.141 e. The Morgan fingerprint density at radius 1 is 1.31 bits per heavy atom. The van der Waals surface area contributed by atoms with Crippen molar-refractivity contribution in [1.82, 2.24) is 5.32 Å². The van der Waals surface area contributed by atoms with Crippen LogP contribution in [0.3, 0.4) is 0 Å². The average molecular weight is 286 g/mol. The van der Waals surface area contributed by atoms with Crippen molar-refractivity contribution in [3.05, 3.63) is 28.0 Å². The minimum Gasteiger partial charge on any atom is -0.492 e. The maximum atomic E-state index is 13.8. The summed E-state index contributed by atoms with van der Waals surface area (Å²) in [6.07, 6.45) is 3.27. The third-order valence-electron chi connectivity index (χ3n) is 3.11. The van der Waals surface area contributed by atoms with Crippen LogP contribution in [0, 0.1) is 5.82 Å². The molecule has 1 fully saturated rings. The van der Waals surface area contributed by atoms with Gasteiger partial charge in [0, 0.05) is 24.1 Å². The molecule has 1 atom stereocenters. The van der Waals surface area contributed by atoms with E-state index in [4.69, 9.17) is 4.74 Å². The third kappa shape index (κ3) is 1.84. The van der Waals surface area contributed by atoms with Gasteiger partial charge in [0.25, 0.3) is 0 Å². The lowest BCUT2D eigenvalue weighted by Crippen LogP contribution is -2.29. The van der Waals surface area contributed by atoms with E-state index in [2.05, 4.69) is 21.2 Å². The Balaban J connectivity index is 1.98. The van der Waals surface area contributed by atoms with Gasteiger partial charge in [-0.25, -0.2) is 4.39 Å². The monoisotopic (exact) mass is 285 g/mol. The zero-order chi connectivity index (χ0) is 11.1. The van der Waals surface area contributed by atoms with Crippen LogP contribution in [0.2, 0.25) is 0 Å². The zero-order valence-corrected chi connectivity index (χ0v) is 10.4. The summed E-state index contributed by atoms with van der Waals surface area (Å²) >= 11 is 3.41. The molecule has 3 rings (SSSR count). The van der Waals surface area contributed by atoms with Crippen LogP contribution in [-0.2, 0) is 0 Å². The summed E-state index contributed by atoms with van der Waals surface area (Å²) in [5.74, 6) is 0.500. The molecule has 1 unspecified atom stereocenters. The Kier molecular flexibility index (Phi) is 2.64. The summed E-state index contributed by atoms with van der Waals surface area (Å²) in [5, 5.41) is 3.48. The Hall–Kier alpha value is -0.610. The van der Waals surface area contributed by atoms with Crippen LogP contribution in [0.5, 0.6) is 5.75 Å². The summed E-state index contributed by atoms with van der Waals surface area (Å²) in [6, 6.07) is 3.88. The van der Waals surface area contributed by atoms with Gasteiger partial charge in [0.1, 0.15) is 11.6 Å². The lowest BCUT2D eigenvalue weighted by molar-refractivity contribution is 0.245. The first-order valence-electron chi connectivity index (χ1n) is 5.62. The second kappa shape index (κ2) is 4.00. The molecule has 1 aromatic carbocycles. The Bertz CT molecular complexity index is 420. The molecule has 0 amide bonds. The molecular formula is C12H13BrFNO. The van der Waals surface area contributed by atoms with Crippen LogP contribution in [0.4, 0.5) is 4.39 Å². The fourth-order valence-electron chi connectivity index (χ4n) is 2.14. The summed E-state index contributed by atoms with van der Waals surface area (Å²) in [5.41, 5.74) is 0.688. The van der Waals surface area contributed by atoms with Gasteiger partial charge in [-0.2, -0.15) is 0 Å². The van der Waals surface area contributed by atoms with E-state index >= 15 is 0 Å². The van der Waals surface area contributed by atoms with Gasteiger partial charge < -0.3 is 10.1 Å². The van der Waals surface area contributed by atoms with E-state index in [0.29, 0.717) is 24.0 Å². The fourth-order valence-corrected chi connectivity index (χ4v) is 2.60. The van der Waals surface area contributed by atoms with Gasteiger partial charge in [0.15, 0.2) is 0 Å². The van der Waals surface area contributed by atoms with Crippen molar-refractivity contribution in [3.63, 3.8) is 0 Å². The number of halogens is 2. The van der Waals surface area contributed by atoms with Gasteiger partial charge in [0.2, 0.25) is 0 Å². The molecule has 1 heterocycles. The van der Waals surface area contributed by atoms with E-state index in [-0.39, 0.29) is 11.9 Å². The molecule has 1 N–H and O–H groups in total. The van der Waals surface area contributed by atoms with Crippen LogP contribution < -0.4 is 10.1 Å². The highest BCUT2D eigenvalue weighted by molar-refractivity contribution is 9.10. The molecule has 4 heteroatoms. The van der Waals surface area contributed by atoms with E-state index in [1.807, 2.05) is 0 Å². The van der Waals surface area contributed by atoms with Crippen LogP contribution >= 0.6 is 15.9 Å².